The fourth-order valence-corrected chi connectivity index (χ4v) is 1.32. The summed E-state index contributed by atoms with van der Waals surface area (Å²) in [4.78, 5) is 21.5. The number of carbonyl (C=O) groups excluding carboxylic acids is 1. The maximum absolute atomic E-state index is 11.3. The maximum Gasteiger partial charge on any atom is 0.305 e. The van der Waals surface area contributed by atoms with E-state index in [0.717, 1.165) is 5.56 Å². The standard InChI is InChI=1S/C12H15NO4/c14-10-4-1-9(2-5-10)3-6-11(15)13-8-7-12(16)17/h1-2,4-5,14H,3,6-8H2,(H,13,15)(H,16,17). The molecule has 0 bridgehead atoms. The number of amides is 1. The summed E-state index contributed by atoms with van der Waals surface area (Å²) in [5.74, 6) is -0.900. The molecule has 0 unspecified atom stereocenters. The summed E-state index contributed by atoms with van der Waals surface area (Å²) in [5.41, 5.74) is 0.955. The Labute approximate surface area is 99.1 Å². The molecule has 0 radical (unpaired) electrons. The number of aromatic hydroxyl groups is 1. The van der Waals surface area contributed by atoms with Crippen LogP contribution in [0.4, 0.5) is 0 Å². The van der Waals surface area contributed by atoms with Crippen molar-refractivity contribution in [2.75, 3.05) is 6.54 Å². The molecule has 92 valence electrons. The number of phenols is 1. The third-order valence-corrected chi connectivity index (χ3v) is 2.24. The van der Waals surface area contributed by atoms with Gasteiger partial charge >= 0.3 is 5.97 Å². The van der Waals surface area contributed by atoms with Crippen LogP contribution in [-0.2, 0) is 16.0 Å². The van der Waals surface area contributed by atoms with E-state index in [0.29, 0.717) is 12.8 Å². The minimum atomic E-state index is -0.927. The first-order chi connectivity index (χ1) is 8.08. The van der Waals surface area contributed by atoms with E-state index in [1.807, 2.05) is 0 Å². The lowest BCUT2D eigenvalue weighted by Gasteiger charge is -2.03. The molecule has 1 rings (SSSR count). The van der Waals surface area contributed by atoms with Crippen LogP contribution in [0.5, 0.6) is 5.75 Å². The van der Waals surface area contributed by atoms with E-state index < -0.39 is 5.97 Å². The highest BCUT2D eigenvalue weighted by Crippen LogP contribution is 2.10. The van der Waals surface area contributed by atoms with Gasteiger partial charge in [0.25, 0.3) is 0 Å². The van der Waals surface area contributed by atoms with Crippen molar-refractivity contribution in [3.05, 3.63) is 29.8 Å². The number of benzene rings is 1. The smallest absolute Gasteiger partial charge is 0.305 e. The molecule has 0 heterocycles. The summed E-state index contributed by atoms with van der Waals surface area (Å²) in [6.07, 6.45) is 0.814. The van der Waals surface area contributed by atoms with Crippen molar-refractivity contribution in [2.24, 2.45) is 0 Å². The number of phenolic OH excluding ortho intramolecular Hbond substituents is 1. The van der Waals surface area contributed by atoms with Crippen molar-refractivity contribution in [3.8, 4) is 5.75 Å². The first kappa shape index (κ1) is 13.0. The Morgan fingerprint density at radius 3 is 2.35 bits per heavy atom. The Hall–Kier alpha value is -2.04. The van der Waals surface area contributed by atoms with Gasteiger partial charge in [0.05, 0.1) is 6.42 Å². The molecule has 1 aromatic rings. The van der Waals surface area contributed by atoms with Gasteiger partial charge in [0.15, 0.2) is 0 Å². The van der Waals surface area contributed by atoms with Gasteiger partial charge in [-0.1, -0.05) is 12.1 Å². The van der Waals surface area contributed by atoms with E-state index >= 15 is 0 Å². The van der Waals surface area contributed by atoms with Crippen LogP contribution in [0.15, 0.2) is 24.3 Å². The zero-order chi connectivity index (χ0) is 12.7. The zero-order valence-corrected chi connectivity index (χ0v) is 9.35. The van der Waals surface area contributed by atoms with Crippen molar-refractivity contribution < 1.29 is 19.8 Å². The fraction of sp³-hybridized carbons (Fsp3) is 0.333. The third kappa shape index (κ3) is 5.55. The van der Waals surface area contributed by atoms with Gasteiger partial charge in [0.1, 0.15) is 5.75 Å². The number of carbonyl (C=O) groups is 2. The molecule has 5 heteroatoms. The molecule has 17 heavy (non-hydrogen) atoms. The van der Waals surface area contributed by atoms with Crippen LogP contribution >= 0.6 is 0 Å². The van der Waals surface area contributed by atoms with E-state index in [4.69, 9.17) is 10.2 Å². The van der Waals surface area contributed by atoms with Crippen molar-refractivity contribution in [1.29, 1.82) is 0 Å². The van der Waals surface area contributed by atoms with Crippen LogP contribution in [0.2, 0.25) is 0 Å². The first-order valence-corrected chi connectivity index (χ1v) is 5.34. The number of carboxylic acids is 1. The van der Waals surface area contributed by atoms with Crippen LogP contribution in [0.3, 0.4) is 0 Å². The molecule has 5 nitrogen and oxygen atoms in total. The fourth-order valence-electron chi connectivity index (χ4n) is 1.32. The molecule has 1 amide bonds. The highest BCUT2D eigenvalue weighted by molar-refractivity contribution is 5.77. The summed E-state index contributed by atoms with van der Waals surface area (Å²) in [7, 11) is 0. The predicted molar refractivity (Wildman–Crippen MR) is 61.7 cm³/mol. The highest BCUT2D eigenvalue weighted by Gasteiger charge is 2.03. The number of rotatable bonds is 6. The van der Waals surface area contributed by atoms with Gasteiger partial charge in [-0.25, -0.2) is 0 Å². The average Bonchev–Trinajstić information content (AvgIpc) is 2.28. The topological polar surface area (TPSA) is 86.6 Å². The van der Waals surface area contributed by atoms with Gasteiger partial charge < -0.3 is 15.5 Å². The average molecular weight is 237 g/mol. The van der Waals surface area contributed by atoms with E-state index in [2.05, 4.69) is 5.32 Å². The van der Waals surface area contributed by atoms with Crippen molar-refractivity contribution in [1.82, 2.24) is 5.32 Å². The molecule has 0 aromatic heterocycles. The van der Waals surface area contributed by atoms with Gasteiger partial charge in [-0.15, -0.1) is 0 Å². The Kier molecular flexibility index (Phi) is 5.00. The summed E-state index contributed by atoms with van der Waals surface area (Å²) in [5, 5.41) is 20.0. The second-order valence-electron chi connectivity index (χ2n) is 3.66. The quantitative estimate of drug-likeness (QED) is 0.686. The number of aryl methyl sites for hydroxylation is 1. The largest absolute Gasteiger partial charge is 0.508 e. The van der Waals surface area contributed by atoms with Gasteiger partial charge in [0.2, 0.25) is 5.91 Å². The number of aliphatic carboxylic acids is 1. The van der Waals surface area contributed by atoms with Gasteiger partial charge in [0, 0.05) is 13.0 Å². The highest BCUT2D eigenvalue weighted by atomic mass is 16.4. The lowest BCUT2D eigenvalue weighted by atomic mass is 10.1. The molecular formula is C12H15NO4. The number of hydrogen-bond donors (Lipinski definition) is 3. The van der Waals surface area contributed by atoms with Crippen molar-refractivity contribution in [2.45, 2.75) is 19.3 Å². The predicted octanol–water partition coefficient (Wildman–Crippen LogP) is 0.916. The SMILES string of the molecule is O=C(O)CCNC(=O)CCc1ccc(O)cc1. The summed E-state index contributed by atoms with van der Waals surface area (Å²) >= 11 is 0. The first-order valence-electron chi connectivity index (χ1n) is 5.34. The van der Waals surface area contributed by atoms with Gasteiger partial charge in [-0.05, 0) is 24.1 Å². The van der Waals surface area contributed by atoms with Crippen molar-refractivity contribution >= 4 is 11.9 Å². The van der Waals surface area contributed by atoms with E-state index in [1.165, 1.54) is 0 Å². The maximum atomic E-state index is 11.3. The molecule has 0 aliphatic rings. The monoisotopic (exact) mass is 237 g/mol. The molecule has 0 aliphatic carbocycles. The number of nitrogens with one attached hydrogen (secondary N) is 1. The van der Waals surface area contributed by atoms with Crippen LogP contribution in [0.25, 0.3) is 0 Å². The van der Waals surface area contributed by atoms with E-state index in [9.17, 15) is 9.59 Å². The van der Waals surface area contributed by atoms with Crippen molar-refractivity contribution in [3.63, 3.8) is 0 Å². The van der Waals surface area contributed by atoms with Crippen LogP contribution in [0, 0.1) is 0 Å². The van der Waals surface area contributed by atoms with E-state index in [1.54, 1.807) is 24.3 Å². The minimum absolute atomic E-state index is 0.0645. The lowest BCUT2D eigenvalue weighted by Crippen LogP contribution is -2.26. The molecule has 0 aliphatic heterocycles. The number of carboxylic acid groups (broad SMARTS) is 1. The number of hydrogen-bond acceptors (Lipinski definition) is 3. The molecular weight excluding hydrogens is 222 g/mol. The second kappa shape index (κ2) is 6.52. The Balaban J connectivity index is 2.23. The minimum Gasteiger partial charge on any atom is -0.508 e. The second-order valence-corrected chi connectivity index (χ2v) is 3.66. The molecule has 0 atom stereocenters. The molecule has 3 N–H and O–H groups in total. The lowest BCUT2D eigenvalue weighted by molar-refractivity contribution is -0.136. The molecule has 0 fully saturated rings. The molecule has 0 spiro atoms. The molecule has 1 aromatic carbocycles. The van der Waals surface area contributed by atoms with Crippen LogP contribution in [-0.4, -0.2) is 28.6 Å². The van der Waals surface area contributed by atoms with Crippen LogP contribution in [0.1, 0.15) is 18.4 Å². The Morgan fingerprint density at radius 2 is 1.76 bits per heavy atom. The van der Waals surface area contributed by atoms with Crippen LogP contribution < -0.4 is 5.32 Å². The normalized spacial score (nSPS) is 9.88. The summed E-state index contributed by atoms with van der Waals surface area (Å²) in [6.45, 7) is 0.156. The van der Waals surface area contributed by atoms with Gasteiger partial charge in [-0.3, -0.25) is 9.59 Å². The Bertz CT molecular complexity index is 386. The summed E-state index contributed by atoms with van der Waals surface area (Å²) in [6, 6.07) is 6.63. The Morgan fingerprint density at radius 1 is 1.12 bits per heavy atom. The zero-order valence-electron chi connectivity index (χ0n) is 9.35. The van der Waals surface area contributed by atoms with Gasteiger partial charge in [-0.2, -0.15) is 0 Å². The molecule has 0 saturated heterocycles. The van der Waals surface area contributed by atoms with E-state index in [-0.39, 0.29) is 24.6 Å². The molecule has 0 saturated carbocycles. The third-order valence-electron chi connectivity index (χ3n) is 2.24. The summed E-state index contributed by atoms with van der Waals surface area (Å²) < 4.78 is 0.